The van der Waals surface area contributed by atoms with E-state index in [0.29, 0.717) is 55.7 Å². The number of anilines is 1. The Hall–Kier alpha value is -2.90. The van der Waals surface area contributed by atoms with Gasteiger partial charge in [0.2, 0.25) is 5.75 Å². The lowest BCUT2D eigenvalue weighted by atomic mass is 10.1. The molecule has 1 saturated heterocycles. The topological polar surface area (TPSA) is 79.9 Å². The third kappa shape index (κ3) is 4.47. The van der Waals surface area contributed by atoms with E-state index in [-0.39, 0.29) is 5.91 Å². The number of aromatic nitrogens is 2. The molecular formula is C22H32N4O4. The number of nitrogens with one attached hydrogen (secondary N) is 1. The summed E-state index contributed by atoms with van der Waals surface area (Å²) < 4.78 is 17.2. The lowest BCUT2D eigenvalue weighted by Crippen LogP contribution is -2.49. The Morgan fingerprint density at radius 3 is 2.00 bits per heavy atom. The number of carbonyl (C=O) groups excluding carboxylic acids is 1. The van der Waals surface area contributed by atoms with Gasteiger partial charge in [-0.2, -0.15) is 5.10 Å². The van der Waals surface area contributed by atoms with E-state index in [1.54, 1.807) is 12.1 Å². The summed E-state index contributed by atoms with van der Waals surface area (Å²) in [6.45, 7) is 14.0. The van der Waals surface area contributed by atoms with Crippen LogP contribution in [0.1, 0.15) is 42.5 Å². The van der Waals surface area contributed by atoms with Crippen LogP contribution in [0.5, 0.6) is 17.2 Å². The fourth-order valence-corrected chi connectivity index (χ4v) is 3.84. The summed E-state index contributed by atoms with van der Waals surface area (Å²) in [6, 6.07) is 3.52. The molecule has 2 aromatic rings. The van der Waals surface area contributed by atoms with Crippen LogP contribution < -0.4 is 19.1 Å². The number of ether oxygens (including phenoxy) is 3. The maximum absolute atomic E-state index is 13.2. The van der Waals surface area contributed by atoms with Gasteiger partial charge in [0.1, 0.15) is 0 Å². The second-order valence-electron chi connectivity index (χ2n) is 7.16. The van der Waals surface area contributed by atoms with E-state index in [1.807, 2.05) is 39.5 Å². The maximum atomic E-state index is 13.2. The van der Waals surface area contributed by atoms with Crippen molar-refractivity contribution in [2.75, 3.05) is 50.9 Å². The second-order valence-corrected chi connectivity index (χ2v) is 7.16. The smallest absolute Gasteiger partial charge is 0.254 e. The fourth-order valence-electron chi connectivity index (χ4n) is 3.84. The van der Waals surface area contributed by atoms with Gasteiger partial charge in [-0.1, -0.05) is 0 Å². The van der Waals surface area contributed by atoms with Gasteiger partial charge in [0.15, 0.2) is 11.5 Å². The summed E-state index contributed by atoms with van der Waals surface area (Å²) >= 11 is 0. The van der Waals surface area contributed by atoms with Crippen LogP contribution in [0, 0.1) is 13.8 Å². The minimum atomic E-state index is -0.0276. The predicted molar refractivity (Wildman–Crippen MR) is 116 cm³/mol. The van der Waals surface area contributed by atoms with Crippen LogP contribution in [0.15, 0.2) is 12.1 Å². The van der Waals surface area contributed by atoms with Gasteiger partial charge in [-0.05, 0) is 46.8 Å². The van der Waals surface area contributed by atoms with Crippen LogP contribution in [0.4, 0.5) is 5.69 Å². The molecule has 1 aromatic heterocycles. The zero-order valence-electron chi connectivity index (χ0n) is 18.6. The summed E-state index contributed by atoms with van der Waals surface area (Å²) in [5.74, 6) is 1.60. The van der Waals surface area contributed by atoms with E-state index < -0.39 is 0 Å². The number of hydrogen-bond donors (Lipinski definition) is 1. The van der Waals surface area contributed by atoms with Gasteiger partial charge in [0, 0.05) is 31.7 Å². The quantitative estimate of drug-likeness (QED) is 0.712. The number of amides is 1. The van der Waals surface area contributed by atoms with Crippen molar-refractivity contribution in [1.82, 2.24) is 15.1 Å². The predicted octanol–water partition coefficient (Wildman–Crippen LogP) is 3.19. The van der Waals surface area contributed by atoms with Crippen LogP contribution >= 0.6 is 0 Å². The first-order chi connectivity index (χ1) is 14.5. The summed E-state index contributed by atoms with van der Waals surface area (Å²) in [6.07, 6.45) is 0. The first kappa shape index (κ1) is 21.8. The first-order valence-electron chi connectivity index (χ1n) is 10.6. The normalized spacial score (nSPS) is 14.0. The van der Waals surface area contributed by atoms with Gasteiger partial charge in [0.25, 0.3) is 5.91 Å². The number of aryl methyl sites for hydroxylation is 2. The molecule has 1 aromatic carbocycles. The fraction of sp³-hybridized carbons (Fsp3) is 0.545. The van der Waals surface area contributed by atoms with Gasteiger partial charge >= 0.3 is 0 Å². The number of carbonyl (C=O) groups is 1. The molecular weight excluding hydrogens is 384 g/mol. The Morgan fingerprint density at radius 1 is 0.967 bits per heavy atom. The van der Waals surface area contributed by atoms with Crippen molar-refractivity contribution in [2.24, 2.45) is 0 Å². The van der Waals surface area contributed by atoms with Crippen molar-refractivity contribution in [3.8, 4) is 17.2 Å². The Labute approximate surface area is 178 Å². The van der Waals surface area contributed by atoms with Crippen LogP contribution in [0.25, 0.3) is 0 Å². The van der Waals surface area contributed by atoms with Crippen molar-refractivity contribution in [1.29, 1.82) is 0 Å². The number of H-pyrrole nitrogens is 1. The zero-order chi connectivity index (χ0) is 21.7. The van der Waals surface area contributed by atoms with Crippen LogP contribution in [0.2, 0.25) is 0 Å². The third-order valence-electron chi connectivity index (χ3n) is 5.13. The number of aromatic amines is 1. The molecule has 0 unspecified atom stereocenters. The average molecular weight is 417 g/mol. The number of benzene rings is 1. The summed E-state index contributed by atoms with van der Waals surface area (Å²) in [5.41, 5.74) is 3.73. The SMILES string of the molecule is CCOc1cc(C(=O)N2CCN(c3c(C)n[nH]c3C)CC2)cc(OCC)c1OCC. The molecule has 1 fully saturated rings. The maximum Gasteiger partial charge on any atom is 0.254 e. The molecule has 1 N–H and O–H groups in total. The average Bonchev–Trinajstić information content (AvgIpc) is 3.08. The third-order valence-corrected chi connectivity index (χ3v) is 5.13. The van der Waals surface area contributed by atoms with Gasteiger partial charge < -0.3 is 24.0 Å². The standard InChI is InChI=1S/C22H32N4O4/c1-6-28-18-13-17(14-19(29-7-2)21(18)30-8-3)22(27)26-11-9-25(10-12-26)20-15(4)23-24-16(20)5/h13-14H,6-12H2,1-5H3,(H,23,24). The highest BCUT2D eigenvalue weighted by molar-refractivity contribution is 5.96. The first-order valence-corrected chi connectivity index (χ1v) is 10.6. The lowest BCUT2D eigenvalue weighted by molar-refractivity contribution is 0.0745. The lowest BCUT2D eigenvalue weighted by Gasteiger charge is -2.36. The molecule has 0 bridgehead atoms. The molecule has 8 nitrogen and oxygen atoms in total. The van der Waals surface area contributed by atoms with Crippen molar-refractivity contribution in [3.63, 3.8) is 0 Å². The van der Waals surface area contributed by atoms with Gasteiger partial charge in [0.05, 0.1) is 36.9 Å². The van der Waals surface area contributed by atoms with Gasteiger partial charge in [-0.15, -0.1) is 0 Å². The van der Waals surface area contributed by atoms with Crippen LogP contribution in [0.3, 0.4) is 0 Å². The molecule has 0 atom stereocenters. The van der Waals surface area contributed by atoms with E-state index >= 15 is 0 Å². The zero-order valence-corrected chi connectivity index (χ0v) is 18.6. The van der Waals surface area contributed by atoms with Crippen molar-refractivity contribution in [3.05, 3.63) is 29.1 Å². The van der Waals surface area contributed by atoms with Crippen LogP contribution in [-0.4, -0.2) is 67.0 Å². The molecule has 0 aliphatic carbocycles. The molecule has 0 radical (unpaired) electrons. The second kappa shape index (κ2) is 9.73. The Balaban J connectivity index is 1.79. The molecule has 2 heterocycles. The van der Waals surface area contributed by atoms with E-state index in [1.165, 1.54) is 0 Å². The highest BCUT2D eigenvalue weighted by atomic mass is 16.5. The summed E-state index contributed by atoms with van der Waals surface area (Å²) in [7, 11) is 0. The molecule has 164 valence electrons. The van der Waals surface area contributed by atoms with E-state index in [9.17, 15) is 4.79 Å². The monoisotopic (exact) mass is 416 g/mol. The Kier molecular flexibility index (Phi) is 7.07. The van der Waals surface area contributed by atoms with E-state index in [0.717, 1.165) is 30.2 Å². The summed E-state index contributed by atoms with van der Waals surface area (Å²) in [5, 5.41) is 7.32. The van der Waals surface area contributed by atoms with Crippen molar-refractivity contribution >= 4 is 11.6 Å². The molecule has 0 spiro atoms. The highest BCUT2D eigenvalue weighted by Gasteiger charge is 2.26. The van der Waals surface area contributed by atoms with Gasteiger partial charge in [-0.25, -0.2) is 0 Å². The number of hydrogen-bond acceptors (Lipinski definition) is 6. The highest BCUT2D eigenvalue weighted by Crippen LogP contribution is 2.39. The minimum Gasteiger partial charge on any atom is -0.490 e. The van der Waals surface area contributed by atoms with Gasteiger partial charge in [-0.3, -0.25) is 9.89 Å². The minimum absolute atomic E-state index is 0.0276. The molecule has 8 heteroatoms. The molecule has 1 aliphatic rings. The van der Waals surface area contributed by atoms with Crippen molar-refractivity contribution in [2.45, 2.75) is 34.6 Å². The molecule has 0 saturated carbocycles. The molecule has 30 heavy (non-hydrogen) atoms. The van der Waals surface area contributed by atoms with Crippen molar-refractivity contribution < 1.29 is 19.0 Å². The van der Waals surface area contributed by atoms with Crippen LogP contribution in [-0.2, 0) is 0 Å². The van der Waals surface area contributed by atoms with E-state index in [2.05, 4.69) is 15.1 Å². The molecule has 1 amide bonds. The number of rotatable bonds is 8. The largest absolute Gasteiger partial charge is 0.490 e. The Bertz CT molecular complexity index is 826. The van der Waals surface area contributed by atoms with E-state index in [4.69, 9.17) is 14.2 Å². The Morgan fingerprint density at radius 2 is 1.53 bits per heavy atom. The number of piperazine rings is 1. The number of nitrogens with zero attached hydrogens (tertiary/aromatic N) is 3. The summed E-state index contributed by atoms with van der Waals surface area (Å²) in [4.78, 5) is 17.4. The molecule has 1 aliphatic heterocycles. The molecule has 3 rings (SSSR count).